The quantitative estimate of drug-likeness (QED) is 0.197. The predicted molar refractivity (Wildman–Crippen MR) is 123 cm³/mol. The van der Waals surface area contributed by atoms with Crippen LogP contribution in [-0.2, 0) is 9.59 Å². The Morgan fingerprint density at radius 3 is 2.40 bits per heavy atom. The van der Waals surface area contributed by atoms with Crippen molar-refractivity contribution in [2.24, 2.45) is 11.8 Å². The highest BCUT2D eigenvalue weighted by Gasteiger charge is 2.52. The summed E-state index contributed by atoms with van der Waals surface area (Å²) in [5, 5.41) is 13.0. The summed E-state index contributed by atoms with van der Waals surface area (Å²) in [6, 6.07) is 11.3. The first-order valence-corrected chi connectivity index (χ1v) is 11.0. The summed E-state index contributed by atoms with van der Waals surface area (Å²) in [6.45, 7) is 1.21. The van der Waals surface area contributed by atoms with Gasteiger partial charge < -0.3 is 4.74 Å². The number of amides is 3. The molecule has 0 bridgehead atoms. The molecule has 1 aliphatic heterocycles. The molecule has 0 unspecified atom stereocenters. The van der Waals surface area contributed by atoms with Crippen LogP contribution in [0.4, 0.5) is 5.69 Å². The molecule has 2 aliphatic rings. The van der Waals surface area contributed by atoms with E-state index < -0.39 is 52.5 Å². The zero-order valence-electron chi connectivity index (χ0n) is 19.2. The Morgan fingerprint density at radius 2 is 1.74 bits per heavy atom. The molecule has 1 heterocycles. The summed E-state index contributed by atoms with van der Waals surface area (Å²) in [5.74, 6) is -3.51. The van der Waals surface area contributed by atoms with Crippen LogP contribution < -0.4 is 4.74 Å². The first-order valence-electron chi connectivity index (χ1n) is 11.0. The molecule has 2 aromatic carbocycles. The molecule has 0 spiro atoms. The maximum Gasteiger partial charge on any atom is 0.282 e. The van der Waals surface area contributed by atoms with E-state index in [0.29, 0.717) is 23.6 Å². The summed E-state index contributed by atoms with van der Waals surface area (Å²) in [5.41, 5.74) is 0.360. The number of benzene rings is 2. The van der Waals surface area contributed by atoms with E-state index in [9.17, 15) is 29.3 Å². The molecule has 1 aliphatic carbocycles. The molecule has 35 heavy (non-hydrogen) atoms. The molecule has 0 radical (unpaired) electrons. The normalized spacial score (nSPS) is 19.1. The first-order chi connectivity index (χ1) is 16.7. The van der Waals surface area contributed by atoms with Crippen LogP contribution in [0.2, 0.25) is 0 Å². The number of rotatable bonds is 7. The van der Waals surface area contributed by atoms with E-state index in [2.05, 4.69) is 0 Å². The van der Waals surface area contributed by atoms with Crippen molar-refractivity contribution in [1.82, 2.24) is 10.0 Å². The van der Waals surface area contributed by atoms with Crippen molar-refractivity contribution >= 4 is 29.2 Å². The maximum atomic E-state index is 13.6. The molecule has 2 aromatic rings. The molecule has 1 fully saturated rings. The molecule has 4 rings (SSSR count). The predicted octanol–water partition coefficient (Wildman–Crippen LogP) is 3.18. The summed E-state index contributed by atoms with van der Waals surface area (Å²) >= 11 is 0. The van der Waals surface area contributed by atoms with Crippen LogP contribution in [0.3, 0.4) is 0 Å². The number of para-hydroxylation sites is 1. The Bertz CT molecular complexity index is 1250. The molecule has 1 saturated heterocycles. The average Bonchev–Trinajstić information content (AvgIpc) is 3.10. The number of nitro groups is 1. The Balaban J connectivity index is 1.73. The summed E-state index contributed by atoms with van der Waals surface area (Å²) in [4.78, 5) is 64.1. The van der Waals surface area contributed by atoms with Gasteiger partial charge in [-0.25, -0.2) is 5.01 Å². The lowest BCUT2D eigenvalue weighted by Gasteiger charge is -2.30. The minimum atomic E-state index is -0.982. The number of ketones is 1. The third-order valence-electron chi connectivity index (χ3n) is 6.31. The highest BCUT2D eigenvalue weighted by molar-refractivity contribution is 6.10. The van der Waals surface area contributed by atoms with E-state index in [-0.39, 0.29) is 11.1 Å². The van der Waals surface area contributed by atoms with Crippen LogP contribution >= 0.6 is 0 Å². The lowest BCUT2D eigenvalue weighted by molar-refractivity contribution is -0.385. The zero-order chi connectivity index (χ0) is 25.3. The number of hydrazine groups is 1. The van der Waals surface area contributed by atoms with E-state index in [4.69, 9.17) is 4.74 Å². The van der Waals surface area contributed by atoms with E-state index in [1.807, 2.05) is 13.0 Å². The Morgan fingerprint density at radius 1 is 1.09 bits per heavy atom. The number of fused-ring (bicyclic) bond motifs is 1. The smallest absolute Gasteiger partial charge is 0.282 e. The molecule has 0 N–H and O–H groups in total. The second-order valence-electron chi connectivity index (χ2n) is 8.48. The van der Waals surface area contributed by atoms with Crippen molar-refractivity contribution in [3.05, 3.63) is 81.4 Å². The molecule has 180 valence electrons. The third kappa shape index (κ3) is 4.42. The summed E-state index contributed by atoms with van der Waals surface area (Å²) < 4.78 is 5.09. The molecular weight excluding hydrogens is 454 g/mol. The molecule has 3 amide bonds. The van der Waals surface area contributed by atoms with Crippen molar-refractivity contribution in [2.75, 3.05) is 13.7 Å². The van der Waals surface area contributed by atoms with Crippen LogP contribution in [0.1, 0.15) is 40.5 Å². The van der Waals surface area contributed by atoms with Crippen LogP contribution in [0, 0.1) is 22.0 Å². The van der Waals surface area contributed by atoms with Crippen molar-refractivity contribution in [3.63, 3.8) is 0 Å². The number of Topliss-reactive ketones (excluding diaryl/α,β-unsaturated/α-hetero) is 1. The number of methoxy groups -OCH3 is 1. The number of ether oxygens (including phenoxy) is 1. The fourth-order valence-electron chi connectivity index (χ4n) is 4.45. The second kappa shape index (κ2) is 9.49. The monoisotopic (exact) mass is 477 g/mol. The lowest BCUT2D eigenvalue weighted by Crippen LogP contribution is -2.52. The molecular formula is C25H23N3O7. The first kappa shape index (κ1) is 23.8. The van der Waals surface area contributed by atoms with Gasteiger partial charge >= 0.3 is 0 Å². The Hall–Kier alpha value is -4.34. The molecule has 0 aromatic heterocycles. The minimum absolute atomic E-state index is 0.222. The number of carbonyl (C=O) groups excluding carboxylic acids is 4. The van der Waals surface area contributed by atoms with Gasteiger partial charge in [0.05, 0.1) is 23.9 Å². The van der Waals surface area contributed by atoms with Crippen molar-refractivity contribution in [3.8, 4) is 5.75 Å². The van der Waals surface area contributed by atoms with Gasteiger partial charge in [-0.15, -0.1) is 0 Å². The molecule has 0 saturated carbocycles. The SMILES string of the molecule is COc1ccc(C(=O)CN(C(=O)c2ccccc2[N+](=O)[O-])N2C(=O)[C@H]3CC=C(C)C[C@H]3C2=O)cc1. The standard InChI is InChI=1S/C25H23N3O7/c1-15-7-12-18-20(13-15)25(32)27(24(18)31)26(14-22(29)16-8-10-17(35-2)11-9-16)23(30)19-5-3-4-6-21(19)28(33)34/h3-11,18,20H,12-14H2,1-2H3/t18-,20+/m0/s1. The van der Waals surface area contributed by atoms with Gasteiger partial charge in [0.1, 0.15) is 17.9 Å². The third-order valence-corrected chi connectivity index (χ3v) is 6.31. The molecule has 10 heteroatoms. The van der Waals surface area contributed by atoms with Crippen LogP contribution in [-0.4, -0.2) is 52.1 Å². The maximum absolute atomic E-state index is 13.6. The van der Waals surface area contributed by atoms with Crippen LogP contribution in [0.15, 0.2) is 60.2 Å². The topological polar surface area (TPSA) is 127 Å². The zero-order valence-corrected chi connectivity index (χ0v) is 19.2. The number of hydrogen-bond donors (Lipinski definition) is 0. The van der Waals surface area contributed by atoms with Gasteiger partial charge in [-0.1, -0.05) is 23.8 Å². The fraction of sp³-hybridized carbons (Fsp3) is 0.280. The number of imide groups is 1. The van der Waals surface area contributed by atoms with E-state index in [1.165, 1.54) is 37.4 Å². The van der Waals surface area contributed by atoms with Gasteiger partial charge in [-0.2, -0.15) is 5.01 Å². The van der Waals surface area contributed by atoms with Crippen molar-refractivity contribution in [1.29, 1.82) is 0 Å². The van der Waals surface area contributed by atoms with Crippen LogP contribution in [0.25, 0.3) is 0 Å². The van der Waals surface area contributed by atoms with Gasteiger partial charge in [0.25, 0.3) is 23.4 Å². The van der Waals surface area contributed by atoms with Crippen molar-refractivity contribution in [2.45, 2.75) is 19.8 Å². The highest BCUT2D eigenvalue weighted by atomic mass is 16.6. The fourth-order valence-corrected chi connectivity index (χ4v) is 4.45. The second-order valence-corrected chi connectivity index (χ2v) is 8.48. The number of nitrogens with zero attached hydrogens (tertiary/aromatic N) is 3. The molecule has 2 atom stereocenters. The van der Waals surface area contributed by atoms with Gasteiger partial charge in [0.2, 0.25) is 0 Å². The van der Waals surface area contributed by atoms with E-state index in [1.54, 1.807) is 12.1 Å². The number of nitro benzene ring substituents is 1. The number of allylic oxidation sites excluding steroid dienone is 2. The lowest BCUT2D eigenvalue weighted by atomic mass is 9.82. The average molecular weight is 477 g/mol. The van der Waals surface area contributed by atoms with Gasteiger partial charge in [-0.3, -0.25) is 29.3 Å². The number of carbonyl (C=O) groups is 4. The Kier molecular flexibility index (Phi) is 6.46. The van der Waals surface area contributed by atoms with Crippen LogP contribution in [0.5, 0.6) is 5.75 Å². The van der Waals surface area contributed by atoms with Gasteiger partial charge in [0, 0.05) is 11.6 Å². The van der Waals surface area contributed by atoms with Crippen molar-refractivity contribution < 1.29 is 28.8 Å². The molecule has 10 nitrogen and oxygen atoms in total. The number of hydrogen-bond acceptors (Lipinski definition) is 7. The summed E-state index contributed by atoms with van der Waals surface area (Å²) in [6.07, 6.45) is 2.59. The largest absolute Gasteiger partial charge is 0.497 e. The van der Waals surface area contributed by atoms with Gasteiger partial charge in [0.15, 0.2) is 5.78 Å². The van der Waals surface area contributed by atoms with Gasteiger partial charge in [-0.05, 0) is 50.1 Å². The minimum Gasteiger partial charge on any atom is -0.497 e. The summed E-state index contributed by atoms with van der Waals surface area (Å²) in [7, 11) is 1.48. The highest BCUT2D eigenvalue weighted by Crippen LogP contribution is 2.39. The van der Waals surface area contributed by atoms with E-state index >= 15 is 0 Å². The van der Waals surface area contributed by atoms with E-state index in [0.717, 1.165) is 16.6 Å². The Labute approximate surface area is 200 Å².